The lowest BCUT2D eigenvalue weighted by atomic mass is 9.97. The van der Waals surface area contributed by atoms with Gasteiger partial charge in [0, 0.05) is 23.2 Å². The van der Waals surface area contributed by atoms with Crippen LogP contribution in [-0.4, -0.2) is 16.4 Å². The molecule has 5 aromatic carbocycles. The van der Waals surface area contributed by atoms with Gasteiger partial charge < -0.3 is 4.57 Å². The van der Waals surface area contributed by atoms with Crippen LogP contribution < -0.4 is 4.90 Å². The molecule has 0 radical (unpaired) electrons. The quantitative estimate of drug-likeness (QED) is 0.186. The summed E-state index contributed by atoms with van der Waals surface area (Å²) in [4.78, 5) is 30.0. The van der Waals surface area contributed by atoms with E-state index in [1.54, 1.807) is 48.5 Å². The minimum absolute atomic E-state index is 0.228. The number of nitrogens with zero attached hydrogens (tertiary/aromatic N) is 3. The zero-order chi connectivity index (χ0) is 29.6. The third-order valence-corrected chi connectivity index (χ3v) is 7.30. The van der Waals surface area contributed by atoms with Crippen molar-refractivity contribution >= 4 is 17.6 Å². The summed E-state index contributed by atoms with van der Waals surface area (Å²) >= 11 is 0. The summed E-state index contributed by atoms with van der Waals surface area (Å²) < 4.78 is 1.94. The lowest BCUT2D eigenvalue weighted by Crippen LogP contribution is -2.39. The molecule has 0 aliphatic carbocycles. The topological polar surface area (TPSA) is 66.1 Å². The Morgan fingerprint density at radius 3 is 1.47 bits per heavy atom. The van der Waals surface area contributed by atoms with Gasteiger partial charge in [-0.05, 0) is 41.0 Å². The Labute approximate surface area is 250 Å². The molecule has 5 nitrogen and oxygen atoms in total. The van der Waals surface area contributed by atoms with Crippen molar-refractivity contribution in [1.82, 2.24) is 4.57 Å². The molecule has 43 heavy (non-hydrogen) atoms. The zero-order valence-electron chi connectivity index (χ0n) is 23.3. The standard InChI is InChI=1S/C38H27N3O2/c39-26-33-34(29-18-8-2-9-19-29)35(30-20-10-3-11-21-30)40(27-28-16-6-1-7-17-28)36(33)41(37(42)31-22-12-4-13-23-31)38(43)32-24-14-5-15-25-32/h1-25H,27H2. The maximum absolute atomic E-state index is 14.4. The molecule has 0 spiro atoms. The normalized spacial score (nSPS) is 10.6. The molecule has 0 fully saturated rings. The minimum atomic E-state index is -0.517. The first kappa shape index (κ1) is 27.2. The number of imide groups is 1. The average Bonchev–Trinajstić information content (AvgIpc) is 3.40. The van der Waals surface area contributed by atoms with Crippen LogP contribution in [0.25, 0.3) is 22.4 Å². The van der Waals surface area contributed by atoms with Crippen LogP contribution in [0.5, 0.6) is 0 Å². The number of carbonyl (C=O) groups is 2. The van der Waals surface area contributed by atoms with Gasteiger partial charge in [-0.2, -0.15) is 5.26 Å². The summed E-state index contributed by atoms with van der Waals surface area (Å²) in [5.74, 6) is -0.805. The summed E-state index contributed by atoms with van der Waals surface area (Å²) in [5, 5.41) is 10.9. The molecule has 6 aromatic rings. The molecule has 0 N–H and O–H groups in total. The van der Waals surface area contributed by atoms with E-state index in [2.05, 4.69) is 6.07 Å². The summed E-state index contributed by atoms with van der Waals surface area (Å²) in [7, 11) is 0. The van der Waals surface area contributed by atoms with Crippen LogP contribution >= 0.6 is 0 Å². The first-order valence-corrected chi connectivity index (χ1v) is 14.0. The minimum Gasteiger partial charge on any atom is -0.321 e. The Kier molecular flexibility index (Phi) is 7.75. The fourth-order valence-corrected chi connectivity index (χ4v) is 5.35. The first-order chi connectivity index (χ1) is 21.2. The van der Waals surface area contributed by atoms with Gasteiger partial charge in [0.05, 0.1) is 5.69 Å². The van der Waals surface area contributed by atoms with Crippen LogP contribution in [0.3, 0.4) is 0 Å². The van der Waals surface area contributed by atoms with Crippen LogP contribution in [0.15, 0.2) is 152 Å². The maximum atomic E-state index is 14.4. The van der Waals surface area contributed by atoms with Crippen molar-refractivity contribution in [3.63, 3.8) is 0 Å². The van der Waals surface area contributed by atoms with E-state index < -0.39 is 11.8 Å². The van der Waals surface area contributed by atoms with Crippen molar-refractivity contribution < 1.29 is 9.59 Å². The molecule has 0 saturated heterocycles. The molecular weight excluding hydrogens is 530 g/mol. The molecule has 5 heteroatoms. The number of benzene rings is 5. The maximum Gasteiger partial charge on any atom is 0.266 e. The molecule has 6 rings (SSSR count). The highest BCUT2D eigenvalue weighted by atomic mass is 16.2. The van der Waals surface area contributed by atoms with Crippen LogP contribution in [0.4, 0.5) is 5.82 Å². The smallest absolute Gasteiger partial charge is 0.266 e. The van der Waals surface area contributed by atoms with Gasteiger partial charge in [0.15, 0.2) is 0 Å². The number of carbonyl (C=O) groups excluding carboxylic acids is 2. The highest BCUT2D eigenvalue weighted by Crippen LogP contribution is 2.44. The molecular formula is C38H27N3O2. The van der Waals surface area contributed by atoms with Gasteiger partial charge in [-0.1, -0.05) is 127 Å². The highest BCUT2D eigenvalue weighted by Gasteiger charge is 2.35. The molecule has 0 aliphatic heterocycles. The molecule has 2 amide bonds. The van der Waals surface area contributed by atoms with Gasteiger partial charge in [0.2, 0.25) is 0 Å². The second kappa shape index (κ2) is 12.3. The molecule has 206 valence electrons. The molecule has 0 bridgehead atoms. The second-order valence-electron chi connectivity index (χ2n) is 10.0. The van der Waals surface area contributed by atoms with Gasteiger partial charge in [-0.15, -0.1) is 0 Å². The lowest BCUT2D eigenvalue weighted by molar-refractivity contribution is 0.0895. The monoisotopic (exact) mass is 557 g/mol. The van der Waals surface area contributed by atoms with Crippen LogP contribution in [0.1, 0.15) is 31.8 Å². The van der Waals surface area contributed by atoms with Crippen molar-refractivity contribution in [2.45, 2.75) is 6.54 Å². The van der Waals surface area contributed by atoms with Gasteiger partial charge >= 0.3 is 0 Å². The number of anilines is 1. The first-order valence-electron chi connectivity index (χ1n) is 14.0. The number of rotatable bonds is 7. The Bertz CT molecular complexity index is 1860. The van der Waals surface area contributed by atoms with E-state index in [-0.39, 0.29) is 11.4 Å². The van der Waals surface area contributed by atoms with Crippen molar-refractivity contribution in [2.24, 2.45) is 0 Å². The van der Waals surface area contributed by atoms with Crippen LogP contribution in [-0.2, 0) is 6.54 Å². The number of aromatic nitrogens is 1. The third-order valence-electron chi connectivity index (χ3n) is 7.30. The predicted octanol–water partition coefficient (Wildman–Crippen LogP) is 8.23. The Hall–Kier alpha value is -5.99. The number of hydrogen-bond donors (Lipinski definition) is 0. The molecule has 1 aromatic heterocycles. The van der Waals surface area contributed by atoms with E-state index in [9.17, 15) is 14.9 Å². The molecule has 0 atom stereocenters. The van der Waals surface area contributed by atoms with E-state index in [0.717, 1.165) is 22.4 Å². The predicted molar refractivity (Wildman–Crippen MR) is 170 cm³/mol. The van der Waals surface area contributed by atoms with Crippen molar-refractivity contribution in [2.75, 3.05) is 4.90 Å². The van der Waals surface area contributed by atoms with E-state index in [1.807, 2.05) is 108 Å². The third kappa shape index (κ3) is 5.38. The summed E-state index contributed by atoms with van der Waals surface area (Å²) in [5.41, 5.74) is 4.95. The number of amides is 2. The van der Waals surface area contributed by atoms with Crippen LogP contribution in [0, 0.1) is 11.3 Å². The second-order valence-corrected chi connectivity index (χ2v) is 10.0. The van der Waals surface area contributed by atoms with Gasteiger partial charge in [-0.3, -0.25) is 9.59 Å². The fourth-order valence-electron chi connectivity index (χ4n) is 5.35. The summed E-state index contributed by atoms with van der Waals surface area (Å²) in [6, 6.07) is 49.1. The number of hydrogen-bond acceptors (Lipinski definition) is 3. The summed E-state index contributed by atoms with van der Waals surface area (Å²) in [6.45, 7) is 0.322. The van der Waals surface area contributed by atoms with Crippen molar-refractivity contribution in [1.29, 1.82) is 5.26 Å². The molecule has 1 heterocycles. The lowest BCUT2D eigenvalue weighted by Gasteiger charge is -2.24. The summed E-state index contributed by atoms with van der Waals surface area (Å²) in [6.07, 6.45) is 0. The average molecular weight is 558 g/mol. The van der Waals surface area contributed by atoms with Gasteiger partial charge in [0.25, 0.3) is 11.8 Å². The number of nitriles is 1. The molecule has 0 saturated carbocycles. The van der Waals surface area contributed by atoms with Crippen LogP contribution in [0.2, 0.25) is 0 Å². The van der Waals surface area contributed by atoms with Crippen molar-refractivity contribution in [3.05, 3.63) is 174 Å². The van der Waals surface area contributed by atoms with Crippen molar-refractivity contribution in [3.8, 4) is 28.5 Å². The Balaban J connectivity index is 1.73. The van der Waals surface area contributed by atoms with E-state index in [4.69, 9.17) is 0 Å². The fraction of sp³-hybridized carbons (Fsp3) is 0.0263. The van der Waals surface area contributed by atoms with E-state index in [0.29, 0.717) is 23.2 Å². The Morgan fingerprint density at radius 1 is 0.581 bits per heavy atom. The molecule has 0 unspecified atom stereocenters. The Morgan fingerprint density at radius 2 is 1.00 bits per heavy atom. The highest BCUT2D eigenvalue weighted by molar-refractivity contribution is 6.26. The van der Waals surface area contributed by atoms with E-state index >= 15 is 0 Å². The zero-order valence-corrected chi connectivity index (χ0v) is 23.3. The largest absolute Gasteiger partial charge is 0.321 e. The molecule has 0 aliphatic rings. The van der Waals surface area contributed by atoms with Gasteiger partial charge in [0.1, 0.15) is 17.5 Å². The van der Waals surface area contributed by atoms with Gasteiger partial charge in [-0.25, -0.2) is 4.90 Å². The SMILES string of the molecule is N#Cc1c(-c2ccccc2)c(-c2ccccc2)n(Cc2ccccc2)c1N(C(=O)c1ccccc1)C(=O)c1ccccc1. The van der Waals surface area contributed by atoms with E-state index in [1.165, 1.54) is 4.90 Å².